The van der Waals surface area contributed by atoms with Crippen LogP contribution in [0.1, 0.15) is 31.9 Å². The monoisotopic (exact) mass is 481 g/mol. The van der Waals surface area contributed by atoms with E-state index in [1.807, 2.05) is 31.3 Å². The molecule has 1 aliphatic heterocycles. The van der Waals surface area contributed by atoms with Crippen LogP contribution in [0.25, 0.3) is 10.9 Å². The number of thioether (sulfide) groups is 1. The molecule has 1 atom stereocenters. The third-order valence-corrected chi connectivity index (χ3v) is 7.27. The van der Waals surface area contributed by atoms with Gasteiger partial charge in [0.2, 0.25) is 11.8 Å². The minimum Gasteiger partial charge on any atom is -0.497 e. The van der Waals surface area contributed by atoms with E-state index in [2.05, 4.69) is 23.7 Å². The summed E-state index contributed by atoms with van der Waals surface area (Å²) in [6, 6.07) is 12.5. The maximum atomic E-state index is 13.8. The summed E-state index contributed by atoms with van der Waals surface area (Å²) < 4.78 is 13.0. The van der Waals surface area contributed by atoms with Crippen LogP contribution < -0.4 is 19.7 Å². The molecule has 0 radical (unpaired) electrons. The Kier molecular flexibility index (Phi) is 7.07. The van der Waals surface area contributed by atoms with Crippen molar-refractivity contribution in [1.29, 1.82) is 0 Å². The van der Waals surface area contributed by atoms with Gasteiger partial charge in [-0.3, -0.25) is 14.5 Å². The number of methoxy groups -OCH3 is 2. The number of anilines is 1. The van der Waals surface area contributed by atoms with Crippen molar-refractivity contribution in [2.24, 2.45) is 13.0 Å². The van der Waals surface area contributed by atoms with Crippen LogP contribution in [0.5, 0.6) is 11.5 Å². The lowest BCUT2D eigenvalue weighted by Crippen LogP contribution is -2.44. The number of carbonyl (C=O) groups is 2. The molecular formula is C26H31N3O4S. The fraction of sp³-hybridized carbons (Fsp3) is 0.385. The largest absolute Gasteiger partial charge is 0.497 e. The van der Waals surface area contributed by atoms with E-state index < -0.39 is 6.04 Å². The number of ether oxygens (including phenoxy) is 2. The molecule has 34 heavy (non-hydrogen) atoms. The zero-order valence-electron chi connectivity index (χ0n) is 20.3. The first-order valence-electron chi connectivity index (χ1n) is 11.4. The van der Waals surface area contributed by atoms with Crippen LogP contribution in [0.4, 0.5) is 5.69 Å². The molecular weight excluding hydrogens is 450 g/mol. The summed E-state index contributed by atoms with van der Waals surface area (Å²) in [5, 5.41) is 4.98. The molecule has 1 aliphatic rings. The van der Waals surface area contributed by atoms with E-state index in [9.17, 15) is 9.59 Å². The number of hydrogen-bond donors (Lipinski definition) is 1. The Morgan fingerprint density at radius 1 is 1.15 bits per heavy atom. The fourth-order valence-corrected chi connectivity index (χ4v) is 5.43. The first-order chi connectivity index (χ1) is 16.3. The van der Waals surface area contributed by atoms with Crippen molar-refractivity contribution in [1.82, 2.24) is 9.88 Å². The predicted molar refractivity (Wildman–Crippen MR) is 136 cm³/mol. The molecule has 4 rings (SSSR count). The van der Waals surface area contributed by atoms with Crippen molar-refractivity contribution in [2.45, 2.75) is 31.3 Å². The van der Waals surface area contributed by atoms with Gasteiger partial charge in [0.05, 0.1) is 30.7 Å². The Labute approximate surface area is 204 Å². The van der Waals surface area contributed by atoms with Gasteiger partial charge in [0.15, 0.2) is 0 Å². The van der Waals surface area contributed by atoms with Crippen molar-refractivity contribution in [3.8, 4) is 11.5 Å². The average molecular weight is 482 g/mol. The number of carbonyl (C=O) groups excluding carboxylic acids is 2. The molecule has 7 nitrogen and oxygen atoms in total. The van der Waals surface area contributed by atoms with Gasteiger partial charge in [0.25, 0.3) is 0 Å². The number of nitrogens with one attached hydrogen (secondary N) is 1. The van der Waals surface area contributed by atoms with Crippen molar-refractivity contribution in [3.05, 3.63) is 48.0 Å². The zero-order chi connectivity index (χ0) is 24.4. The summed E-state index contributed by atoms with van der Waals surface area (Å²) in [7, 11) is 5.12. The van der Waals surface area contributed by atoms with Crippen LogP contribution in [-0.2, 0) is 16.6 Å². The first kappa shape index (κ1) is 24.0. The van der Waals surface area contributed by atoms with E-state index in [1.54, 1.807) is 37.3 Å². The summed E-state index contributed by atoms with van der Waals surface area (Å²) >= 11 is 1.47. The summed E-state index contributed by atoms with van der Waals surface area (Å²) in [6.07, 6.45) is 0.858. The van der Waals surface area contributed by atoms with Crippen LogP contribution in [-0.4, -0.2) is 42.9 Å². The molecule has 2 amide bonds. The Balaban J connectivity index is 1.91. The molecule has 0 unspecified atom stereocenters. The second-order valence-electron chi connectivity index (χ2n) is 8.79. The summed E-state index contributed by atoms with van der Waals surface area (Å²) in [6.45, 7) is 4.79. The van der Waals surface area contributed by atoms with Gasteiger partial charge in [-0.2, -0.15) is 0 Å². The van der Waals surface area contributed by atoms with Crippen LogP contribution >= 0.6 is 11.8 Å². The van der Waals surface area contributed by atoms with E-state index in [1.165, 1.54) is 11.8 Å². The highest BCUT2D eigenvalue weighted by Crippen LogP contribution is 2.44. The minimum atomic E-state index is -0.826. The van der Waals surface area contributed by atoms with Gasteiger partial charge >= 0.3 is 0 Å². The summed E-state index contributed by atoms with van der Waals surface area (Å²) in [4.78, 5) is 29.0. The highest BCUT2D eigenvalue weighted by Gasteiger charge is 2.40. The van der Waals surface area contributed by atoms with Crippen LogP contribution in [0.2, 0.25) is 0 Å². The Bertz CT molecular complexity index is 1200. The van der Waals surface area contributed by atoms with Crippen molar-refractivity contribution >= 4 is 40.2 Å². The Hall–Kier alpha value is -3.13. The van der Waals surface area contributed by atoms with Crippen LogP contribution in [0.15, 0.2) is 47.5 Å². The molecule has 0 fully saturated rings. The number of rotatable bonds is 7. The lowest BCUT2D eigenvalue weighted by atomic mass is 10.0. The maximum absolute atomic E-state index is 13.8. The van der Waals surface area contributed by atoms with Crippen LogP contribution in [0.3, 0.4) is 0 Å². The smallest absolute Gasteiger partial charge is 0.247 e. The lowest BCUT2D eigenvalue weighted by Gasteiger charge is -2.30. The molecule has 2 aromatic carbocycles. The van der Waals surface area contributed by atoms with E-state index in [0.29, 0.717) is 29.6 Å². The maximum Gasteiger partial charge on any atom is 0.247 e. The number of aryl methyl sites for hydroxylation is 1. The van der Waals surface area contributed by atoms with E-state index in [0.717, 1.165) is 27.9 Å². The minimum absolute atomic E-state index is 0.149. The molecule has 3 aromatic rings. The first-order valence-corrected chi connectivity index (χ1v) is 12.4. The molecule has 0 aliphatic carbocycles. The van der Waals surface area contributed by atoms with E-state index >= 15 is 0 Å². The molecule has 0 saturated heterocycles. The SMILES string of the molecule is COc1cc(OC)cc(N2C(=O)CSc3c(c4ccccc4n3C)[C@@H]2C(=O)NCCC(C)C)c1. The molecule has 0 saturated carbocycles. The Morgan fingerprint density at radius 2 is 1.82 bits per heavy atom. The molecule has 8 heteroatoms. The lowest BCUT2D eigenvalue weighted by molar-refractivity contribution is -0.125. The third kappa shape index (κ3) is 4.46. The van der Waals surface area contributed by atoms with Crippen molar-refractivity contribution < 1.29 is 19.1 Å². The summed E-state index contributed by atoms with van der Waals surface area (Å²) in [5.74, 6) is 1.43. The topological polar surface area (TPSA) is 72.8 Å². The molecule has 2 heterocycles. The van der Waals surface area contributed by atoms with Gasteiger partial charge in [-0.25, -0.2) is 0 Å². The Morgan fingerprint density at radius 3 is 2.47 bits per heavy atom. The summed E-state index contributed by atoms with van der Waals surface area (Å²) in [5.41, 5.74) is 2.43. The van der Waals surface area contributed by atoms with E-state index in [-0.39, 0.29) is 17.6 Å². The molecule has 0 bridgehead atoms. The number of fused-ring (bicyclic) bond motifs is 3. The molecule has 0 spiro atoms. The number of aromatic nitrogens is 1. The number of para-hydroxylation sites is 1. The molecule has 1 N–H and O–H groups in total. The number of amides is 2. The number of benzene rings is 2. The fourth-order valence-electron chi connectivity index (χ4n) is 4.36. The van der Waals surface area contributed by atoms with Gasteiger partial charge in [-0.05, 0) is 18.4 Å². The molecule has 1 aromatic heterocycles. The van der Waals surface area contributed by atoms with E-state index in [4.69, 9.17) is 9.47 Å². The average Bonchev–Trinajstić information content (AvgIpc) is 3.00. The predicted octanol–water partition coefficient (Wildman–Crippen LogP) is 4.54. The van der Waals surface area contributed by atoms with Crippen molar-refractivity contribution in [2.75, 3.05) is 31.4 Å². The normalized spacial score (nSPS) is 15.9. The third-order valence-electron chi connectivity index (χ3n) is 6.11. The highest BCUT2D eigenvalue weighted by molar-refractivity contribution is 8.00. The van der Waals surface area contributed by atoms with Crippen molar-refractivity contribution in [3.63, 3.8) is 0 Å². The van der Waals surface area contributed by atoms with Gasteiger partial charge < -0.3 is 19.4 Å². The zero-order valence-corrected chi connectivity index (χ0v) is 21.1. The molecule has 180 valence electrons. The highest BCUT2D eigenvalue weighted by atomic mass is 32.2. The van der Waals surface area contributed by atoms with Gasteiger partial charge in [0.1, 0.15) is 17.5 Å². The van der Waals surface area contributed by atoms with Gasteiger partial charge in [-0.1, -0.05) is 43.8 Å². The quantitative estimate of drug-likeness (QED) is 0.537. The number of hydrogen-bond acceptors (Lipinski definition) is 5. The van der Waals surface area contributed by atoms with Gasteiger partial charge in [0, 0.05) is 48.3 Å². The van der Waals surface area contributed by atoms with Gasteiger partial charge in [-0.15, -0.1) is 0 Å². The second-order valence-corrected chi connectivity index (χ2v) is 9.76. The second kappa shape index (κ2) is 10.0. The van der Waals surface area contributed by atoms with Crippen LogP contribution in [0, 0.1) is 5.92 Å². The standard InChI is InChI=1S/C26H31N3O4S/c1-16(2)10-11-27-25(31)24-23-20-8-6-7-9-21(20)28(3)26(23)34-15-22(30)29(24)17-12-18(32-4)14-19(13-17)33-5/h6-9,12-14,16,24H,10-11,15H2,1-5H3,(H,27,31)/t24-/m1/s1. The number of nitrogens with zero attached hydrogens (tertiary/aromatic N) is 2.